The summed E-state index contributed by atoms with van der Waals surface area (Å²) in [5, 5.41) is 9.93. The summed E-state index contributed by atoms with van der Waals surface area (Å²) in [6.45, 7) is 0. The standard InChI is InChI=1S/C30H21F6N3O3/c1-42-26-9-5-8-23(38-26)19-10-15-24-22(17-19)27(40)39(25(37-24)16-18-6-3-2-4-7-18)21-13-11-20(12-14-21)28(41,29(31,32)33)30(34,35)36/h2-15,17,41H,16H2,1H3. The molecule has 1 N–H and O–H groups in total. The fraction of sp³-hybridized carbons (Fsp3) is 0.167. The average Bonchev–Trinajstić information content (AvgIpc) is 2.96. The molecule has 3 aromatic carbocycles. The maximum Gasteiger partial charge on any atom is 0.430 e. The van der Waals surface area contributed by atoms with Gasteiger partial charge in [-0.05, 0) is 35.9 Å². The molecule has 0 bridgehead atoms. The van der Waals surface area contributed by atoms with E-state index in [1.54, 1.807) is 66.7 Å². The summed E-state index contributed by atoms with van der Waals surface area (Å²) in [6, 6.07) is 21.7. The molecule has 0 amide bonds. The van der Waals surface area contributed by atoms with Crippen molar-refractivity contribution in [2.75, 3.05) is 7.11 Å². The van der Waals surface area contributed by atoms with Crippen molar-refractivity contribution in [3.63, 3.8) is 0 Å². The number of aliphatic hydroxyl groups is 1. The SMILES string of the molecule is COc1cccc(-c2ccc3nc(Cc4ccccc4)n(-c4ccc(C(O)(C(F)(F)F)C(F)(F)F)cc4)c(=O)c3c2)n1. The van der Waals surface area contributed by atoms with Crippen molar-refractivity contribution < 1.29 is 36.2 Å². The van der Waals surface area contributed by atoms with Gasteiger partial charge in [0, 0.05) is 23.6 Å². The second-order valence-electron chi connectivity index (χ2n) is 9.38. The lowest BCUT2D eigenvalue weighted by atomic mass is 9.92. The summed E-state index contributed by atoms with van der Waals surface area (Å²) in [5.74, 6) is 0.541. The summed E-state index contributed by atoms with van der Waals surface area (Å²) in [4.78, 5) is 22.9. The van der Waals surface area contributed by atoms with Gasteiger partial charge in [0.2, 0.25) is 5.88 Å². The Morgan fingerprint density at radius 1 is 0.810 bits per heavy atom. The highest BCUT2D eigenvalue weighted by atomic mass is 19.4. The van der Waals surface area contributed by atoms with Crippen LogP contribution in [-0.4, -0.2) is 39.1 Å². The van der Waals surface area contributed by atoms with E-state index in [0.29, 0.717) is 34.8 Å². The summed E-state index contributed by atoms with van der Waals surface area (Å²) in [7, 11) is 1.46. The highest BCUT2D eigenvalue weighted by Crippen LogP contribution is 2.50. The van der Waals surface area contributed by atoms with Gasteiger partial charge in [0.25, 0.3) is 11.2 Å². The summed E-state index contributed by atoms with van der Waals surface area (Å²) in [6.07, 6.45) is -12.0. The molecule has 42 heavy (non-hydrogen) atoms. The Labute approximate surface area is 234 Å². The molecule has 0 saturated carbocycles. The number of benzene rings is 3. The van der Waals surface area contributed by atoms with Crippen LogP contribution in [0.2, 0.25) is 0 Å². The van der Waals surface area contributed by atoms with Gasteiger partial charge in [0.1, 0.15) is 5.82 Å². The second kappa shape index (κ2) is 10.6. The predicted molar refractivity (Wildman–Crippen MR) is 142 cm³/mol. The third kappa shape index (κ3) is 5.09. The molecule has 0 fully saturated rings. The average molecular weight is 586 g/mol. The summed E-state index contributed by atoms with van der Waals surface area (Å²) in [5.41, 5.74) is -5.05. The molecule has 2 aromatic heterocycles. The Bertz CT molecular complexity index is 1790. The topological polar surface area (TPSA) is 77.2 Å². The maximum atomic E-state index is 13.9. The van der Waals surface area contributed by atoms with E-state index in [9.17, 15) is 36.2 Å². The van der Waals surface area contributed by atoms with Gasteiger partial charge in [-0.1, -0.05) is 54.6 Å². The van der Waals surface area contributed by atoms with Crippen LogP contribution in [0.15, 0.2) is 95.8 Å². The van der Waals surface area contributed by atoms with Crippen molar-refractivity contribution in [1.82, 2.24) is 14.5 Å². The number of nitrogens with zero attached hydrogens (tertiary/aromatic N) is 3. The van der Waals surface area contributed by atoms with E-state index in [-0.39, 0.29) is 23.3 Å². The number of rotatable bonds is 6. The van der Waals surface area contributed by atoms with Crippen LogP contribution in [0.4, 0.5) is 26.3 Å². The molecule has 0 aliphatic rings. The summed E-state index contributed by atoms with van der Waals surface area (Å²) < 4.78 is 86.9. The molecular weight excluding hydrogens is 564 g/mol. The van der Waals surface area contributed by atoms with E-state index in [4.69, 9.17) is 4.74 Å². The molecule has 12 heteroatoms. The van der Waals surface area contributed by atoms with E-state index >= 15 is 0 Å². The first-order valence-corrected chi connectivity index (χ1v) is 12.4. The number of fused-ring (bicyclic) bond motifs is 1. The van der Waals surface area contributed by atoms with Gasteiger partial charge in [0.05, 0.1) is 29.4 Å². The van der Waals surface area contributed by atoms with E-state index in [1.807, 2.05) is 0 Å². The van der Waals surface area contributed by atoms with Crippen LogP contribution in [0.25, 0.3) is 27.8 Å². The van der Waals surface area contributed by atoms with Crippen LogP contribution < -0.4 is 10.3 Å². The zero-order chi connectivity index (χ0) is 30.3. The molecule has 0 spiro atoms. The molecule has 5 aromatic rings. The number of alkyl halides is 6. The molecular formula is C30H21F6N3O3. The van der Waals surface area contributed by atoms with Crippen LogP contribution in [0.1, 0.15) is 17.0 Å². The fourth-order valence-electron chi connectivity index (χ4n) is 4.58. The molecule has 5 rings (SSSR count). The third-order valence-corrected chi connectivity index (χ3v) is 6.73. The van der Waals surface area contributed by atoms with Crippen molar-refractivity contribution in [1.29, 1.82) is 0 Å². The number of hydrogen-bond donors (Lipinski definition) is 1. The molecule has 2 heterocycles. The van der Waals surface area contributed by atoms with E-state index in [0.717, 1.165) is 22.3 Å². The molecule has 216 valence electrons. The molecule has 6 nitrogen and oxygen atoms in total. The van der Waals surface area contributed by atoms with Gasteiger partial charge in [-0.3, -0.25) is 9.36 Å². The molecule has 0 saturated heterocycles. The molecule has 0 aliphatic heterocycles. The molecule has 0 atom stereocenters. The van der Waals surface area contributed by atoms with Crippen LogP contribution in [0.5, 0.6) is 5.88 Å². The van der Waals surface area contributed by atoms with Gasteiger partial charge >= 0.3 is 12.4 Å². The first-order valence-electron chi connectivity index (χ1n) is 12.4. The van der Waals surface area contributed by atoms with Gasteiger partial charge < -0.3 is 9.84 Å². The van der Waals surface area contributed by atoms with Crippen molar-refractivity contribution >= 4 is 10.9 Å². The highest BCUT2D eigenvalue weighted by Gasteiger charge is 2.71. The van der Waals surface area contributed by atoms with E-state index in [2.05, 4.69) is 9.97 Å². The Kier molecular flexibility index (Phi) is 7.27. The lowest BCUT2D eigenvalue weighted by molar-refractivity contribution is -0.376. The smallest absolute Gasteiger partial charge is 0.430 e. The fourth-order valence-corrected chi connectivity index (χ4v) is 4.58. The van der Waals surface area contributed by atoms with Crippen LogP contribution >= 0.6 is 0 Å². The number of pyridine rings is 1. The van der Waals surface area contributed by atoms with Crippen LogP contribution in [-0.2, 0) is 12.0 Å². The maximum absolute atomic E-state index is 13.9. The lowest BCUT2D eigenvalue weighted by Crippen LogP contribution is -2.53. The van der Waals surface area contributed by atoms with Crippen molar-refractivity contribution in [3.05, 3.63) is 118 Å². The third-order valence-electron chi connectivity index (χ3n) is 6.73. The predicted octanol–water partition coefficient (Wildman–Crippen LogP) is 6.36. The highest BCUT2D eigenvalue weighted by molar-refractivity contribution is 5.83. The first-order chi connectivity index (χ1) is 19.8. The van der Waals surface area contributed by atoms with Crippen molar-refractivity contribution in [2.45, 2.75) is 24.4 Å². The van der Waals surface area contributed by atoms with Gasteiger partial charge in [-0.2, -0.15) is 26.3 Å². The van der Waals surface area contributed by atoms with E-state index < -0.39 is 29.1 Å². The lowest BCUT2D eigenvalue weighted by Gasteiger charge is -2.32. The van der Waals surface area contributed by atoms with Gasteiger partial charge in [0.15, 0.2) is 0 Å². The minimum absolute atomic E-state index is 0.0410. The largest absolute Gasteiger partial charge is 0.481 e. The minimum atomic E-state index is -6.04. The molecule has 0 unspecified atom stereocenters. The Morgan fingerprint density at radius 3 is 2.10 bits per heavy atom. The van der Waals surface area contributed by atoms with Crippen molar-refractivity contribution in [3.8, 4) is 22.8 Å². The van der Waals surface area contributed by atoms with Gasteiger partial charge in [-0.15, -0.1) is 0 Å². The van der Waals surface area contributed by atoms with Crippen LogP contribution in [0, 0.1) is 0 Å². The van der Waals surface area contributed by atoms with Crippen molar-refractivity contribution in [2.24, 2.45) is 0 Å². The monoisotopic (exact) mass is 585 g/mol. The number of aromatic nitrogens is 3. The zero-order valence-electron chi connectivity index (χ0n) is 21.7. The number of methoxy groups -OCH3 is 1. The molecule has 0 aliphatic carbocycles. The first kappa shape index (κ1) is 28.8. The normalized spacial score (nSPS) is 12.5. The minimum Gasteiger partial charge on any atom is -0.481 e. The quantitative estimate of drug-likeness (QED) is 0.235. The van der Waals surface area contributed by atoms with Gasteiger partial charge in [-0.25, -0.2) is 9.97 Å². The Morgan fingerprint density at radius 2 is 1.48 bits per heavy atom. The molecule has 0 radical (unpaired) electrons. The Balaban J connectivity index is 1.70. The number of ether oxygens (including phenoxy) is 1. The second-order valence-corrected chi connectivity index (χ2v) is 9.38. The zero-order valence-corrected chi connectivity index (χ0v) is 21.7. The Hall–Kier alpha value is -4.71. The van der Waals surface area contributed by atoms with E-state index in [1.165, 1.54) is 7.11 Å². The van der Waals surface area contributed by atoms with Crippen LogP contribution in [0.3, 0.4) is 0 Å². The number of halogens is 6. The summed E-state index contributed by atoms with van der Waals surface area (Å²) >= 11 is 0. The number of hydrogen-bond acceptors (Lipinski definition) is 5.